The first-order chi connectivity index (χ1) is 61.5. The highest BCUT2D eigenvalue weighted by Gasteiger charge is 2.24. The van der Waals surface area contributed by atoms with Gasteiger partial charge in [-0.25, -0.2) is 0 Å². The summed E-state index contributed by atoms with van der Waals surface area (Å²) in [5.74, 6) is 0. The van der Waals surface area contributed by atoms with Gasteiger partial charge in [0, 0.05) is 0 Å². The van der Waals surface area contributed by atoms with Crippen LogP contribution >= 0.6 is 0 Å². The summed E-state index contributed by atoms with van der Waals surface area (Å²) in [7, 11) is 12.7. The lowest BCUT2D eigenvalue weighted by atomic mass is 9.95. The van der Waals surface area contributed by atoms with E-state index in [4.69, 9.17) is 0 Å². The largest absolute Gasteiger partial charge is 0.307 e. The summed E-state index contributed by atoms with van der Waals surface area (Å²) in [6.07, 6.45) is 6.15. The van der Waals surface area contributed by atoms with Crippen molar-refractivity contribution >= 4 is 32.3 Å². The van der Waals surface area contributed by atoms with Crippen LogP contribution < -0.4 is 0 Å². The molecule has 6 nitrogen and oxygen atoms in total. The van der Waals surface area contributed by atoms with Crippen LogP contribution in [-0.2, 0) is 38.5 Å². The molecule has 15 rings (SSSR count). The minimum atomic E-state index is 0.994. The van der Waals surface area contributed by atoms with Gasteiger partial charge in [0.2, 0.25) is 0 Å². The van der Waals surface area contributed by atoms with E-state index < -0.39 is 0 Å². The van der Waals surface area contributed by atoms with E-state index in [0.29, 0.717) is 0 Å². The van der Waals surface area contributed by atoms with Gasteiger partial charge in [-0.05, 0) is 298 Å². The molecule has 12 aromatic carbocycles. The molecule has 0 N–H and O–H groups in total. The summed E-state index contributed by atoms with van der Waals surface area (Å²) in [5.41, 5.74) is 25.6. The Labute approximate surface area is 778 Å². The normalized spacial score (nSPS) is 10.2. The molecule has 12 aromatic rings. The van der Waals surface area contributed by atoms with E-state index >= 15 is 0 Å². The quantitative estimate of drug-likeness (QED) is 0.0847. The highest BCUT2D eigenvalue weighted by atomic mass is 15.1. The second kappa shape index (κ2) is 77.3. The zero-order valence-electron chi connectivity index (χ0n) is 87.7. The minimum Gasteiger partial charge on any atom is -0.307 e. The van der Waals surface area contributed by atoms with Crippen LogP contribution in [0.3, 0.4) is 0 Å². The molecule has 0 aliphatic heterocycles. The molecular formula is C120H186N6. The second-order valence-electron chi connectivity index (χ2n) is 28.9. The molecule has 0 atom stereocenters. The summed E-state index contributed by atoms with van der Waals surface area (Å²) < 4.78 is 0. The number of hydrogen-bond donors (Lipinski definition) is 0. The van der Waals surface area contributed by atoms with E-state index in [2.05, 4.69) is 410 Å². The third kappa shape index (κ3) is 43.8. The van der Waals surface area contributed by atoms with Crippen LogP contribution in [0.2, 0.25) is 0 Å². The molecule has 0 bridgehead atoms. The van der Waals surface area contributed by atoms with Gasteiger partial charge in [-0.15, -0.1) is 0 Å². The lowest BCUT2D eigenvalue weighted by Gasteiger charge is -2.09. The van der Waals surface area contributed by atoms with Gasteiger partial charge in [0.05, 0.1) is 0 Å². The zero-order chi connectivity index (χ0) is 95.7. The predicted molar refractivity (Wildman–Crippen MR) is 580 cm³/mol. The molecule has 0 amide bonds. The molecule has 6 heteroatoms. The van der Waals surface area contributed by atoms with Crippen LogP contribution in [0.4, 0.5) is 0 Å². The van der Waals surface area contributed by atoms with Gasteiger partial charge in [-0.2, -0.15) is 0 Å². The van der Waals surface area contributed by atoms with Crippen molar-refractivity contribution in [2.24, 2.45) is 0 Å². The molecule has 0 unspecified atom stereocenters. The van der Waals surface area contributed by atoms with E-state index in [9.17, 15) is 0 Å². The number of fused-ring (bicyclic) bond motifs is 14. The van der Waals surface area contributed by atoms with Crippen molar-refractivity contribution in [3.63, 3.8) is 0 Å². The smallest absolute Gasteiger partial charge is 0.000728 e. The van der Waals surface area contributed by atoms with E-state index in [1.54, 1.807) is 0 Å². The van der Waals surface area contributed by atoms with Crippen LogP contribution in [0.15, 0.2) is 255 Å². The van der Waals surface area contributed by atoms with Crippen LogP contribution in [0.5, 0.6) is 0 Å². The molecule has 3 aliphatic carbocycles. The Kier molecular flexibility index (Phi) is 74.5. The fourth-order valence-electron chi connectivity index (χ4n) is 13.1. The SMILES string of the molecule is CC.CC.CC.CC.CC.CC.CC.CC.CC.CCN(C)CC.CCN(C)CC.CCN(C)CC.CCN(C)CC.CCN(C)CC.CCN(C)CC.c1ccc(Cc2ccc3c(c2)-c2c(ccc4ccccc24)C3)cc1.c1ccc(Cc2ccc3c(c2)-c2cc4ccccc4cc2C3)cc1.c1ccc(Cc2ccc3c(c2)-c2ccc4ccccc4c2C3)cc1. The van der Waals surface area contributed by atoms with Crippen molar-refractivity contribution < 1.29 is 0 Å². The van der Waals surface area contributed by atoms with E-state index in [1.807, 2.05) is 125 Å². The van der Waals surface area contributed by atoms with Gasteiger partial charge in [0.1, 0.15) is 0 Å². The Morgan fingerprint density at radius 2 is 0.429 bits per heavy atom. The van der Waals surface area contributed by atoms with Gasteiger partial charge in [-0.1, -0.05) is 456 Å². The lowest BCUT2D eigenvalue weighted by molar-refractivity contribution is 0.373. The molecule has 0 aromatic heterocycles. The molecule has 0 saturated carbocycles. The van der Waals surface area contributed by atoms with Crippen LogP contribution in [0.25, 0.3) is 65.7 Å². The fraction of sp³-hybridized carbons (Fsp3) is 0.450. The lowest BCUT2D eigenvalue weighted by Crippen LogP contribution is -2.15. The van der Waals surface area contributed by atoms with Crippen molar-refractivity contribution in [3.8, 4) is 33.4 Å². The topological polar surface area (TPSA) is 19.4 Å². The average Bonchev–Trinajstić information content (AvgIpc) is 1.63. The maximum absolute atomic E-state index is 2.40. The summed E-state index contributed by atoms with van der Waals surface area (Å²) in [6, 6.07) is 93.1. The van der Waals surface area contributed by atoms with Gasteiger partial charge >= 0.3 is 0 Å². The Balaban J connectivity index is -0.00000141. The first-order valence-corrected chi connectivity index (χ1v) is 49.6. The second-order valence-corrected chi connectivity index (χ2v) is 28.9. The molecule has 0 spiro atoms. The number of hydrogen-bond acceptors (Lipinski definition) is 6. The molecule has 0 fully saturated rings. The number of benzene rings is 12. The third-order valence-corrected chi connectivity index (χ3v) is 21.8. The van der Waals surface area contributed by atoms with Gasteiger partial charge in [0.15, 0.2) is 0 Å². The van der Waals surface area contributed by atoms with Crippen molar-refractivity contribution in [1.82, 2.24) is 29.4 Å². The first-order valence-electron chi connectivity index (χ1n) is 49.6. The standard InChI is InChI=1S/3C24H18.6C5H13N.9C2H6/c1-2-6-17(7-3-1)12-18-10-11-21-15-22-14-19-8-4-5-9-20(19)16-24(22)23(21)13-18;1-2-6-17(7-3-1)14-18-10-11-20-16-21-13-12-19-8-4-5-9-22(19)24(21)23(20)15-18;1-2-6-17(7-3-1)14-18-10-11-20-16-24-21-9-5-4-8-19(21)12-13-22(24)23(20)15-18;6*1-4-6(3)5-2;9*1-2/h1-11,13-14,16H,12,15H2;2*1-13,15H,14,16H2;6*4-5H2,1-3H3;9*1-2H3. The van der Waals surface area contributed by atoms with Crippen molar-refractivity contribution in [2.45, 2.75) is 246 Å². The molecule has 0 heterocycles. The number of rotatable bonds is 18. The predicted octanol–water partition coefficient (Wildman–Crippen LogP) is 33.0. The summed E-state index contributed by atoms with van der Waals surface area (Å²) >= 11 is 0. The number of nitrogens with zero attached hydrogens (tertiary/aromatic N) is 6. The van der Waals surface area contributed by atoms with E-state index in [1.165, 1.54) is 132 Å². The van der Waals surface area contributed by atoms with E-state index in [0.717, 1.165) is 117 Å². The zero-order valence-corrected chi connectivity index (χ0v) is 87.7. The minimum absolute atomic E-state index is 0.994. The molecule has 3 aliphatic rings. The van der Waals surface area contributed by atoms with Crippen LogP contribution in [0.1, 0.15) is 274 Å². The average molecular weight is 1710 g/mol. The highest BCUT2D eigenvalue weighted by molar-refractivity contribution is 6.01. The van der Waals surface area contributed by atoms with Crippen molar-refractivity contribution in [1.29, 1.82) is 0 Å². The third-order valence-electron chi connectivity index (χ3n) is 21.8. The fourth-order valence-corrected chi connectivity index (χ4v) is 13.1. The van der Waals surface area contributed by atoms with Crippen LogP contribution in [0, 0.1) is 0 Å². The molecule has 696 valence electrons. The summed E-state index contributed by atoms with van der Waals surface area (Å²) in [5, 5.41) is 8.12. The first kappa shape index (κ1) is 121. The maximum Gasteiger partial charge on any atom is -0.000728 e. The van der Waals surface area contributed by atoms with E-state index in [-0.39, 0.29) is 0 Å². The monoisotopic (exact) mass is 1710 g/mol. The Bertz CT molecular complexity index is 4400. The molecule has 126 heavy (non-hydrogen) atoms. The van der Waals surface area contributed by atoms with Gasteiger partial charge in [-0.3, -0.25) is 0 Å². The maximum atomic E-state index is 2.40. The molecule has 0 saturated heterocycles. The Hall–Kier alpha value is -8.82. The highest BCUT2D eigenvalue weighted by Crippen LogP contribution is 2.44. The van der Waals surface area contributed by atoms with Gasteiger partial charge < -0.3 is 29.4 Å². The summed E-state index contributed by atoms with van der Waals surface area (Å²) in [4.78, 5) is 13.5. The van der Waals surface area contributed by atoms with Crippen molar-refractivity contribution in [3.05, 3.63) is 322 Å². The summed E-state index contributed by atoms with van der Waals surface area (Å²) in [6.45, 7) is 75.8. The van der Waals surface area contributed by atoms with Gasteiger partial charge in [0.25, 0.3) is 0 Å². The van der Waals surface area contributed by atoms with Crippen molar-refractivity contribution in [2.75, 3.05) is 121 Å². The molecule has 0 radical (unpaired) electrons. The Morgan fingerprint density at radius 1 is 0.183 bits per heavy atom. The van der Waals surface area contributed by atoms with Crippen LogP contribution in [-0.4, -0.2) is 150 Å². The molecular weight excluding hydrogens is 1530 g/mol. The Morgan fingerprint density at radius 3 is 0.770 bits per heavy atom.